The summed E-state index contributed by atoms with van der Waals surface area (Å²) in [6.07, 6.45) is 0. The first-order chi connectivity index (χ1) is 9.08. The van der Waals surface area contributed by atoms with Gasteiger partial charge in [0.2, 0.25) is 0 Å². The lowest BCUT2D eigenvalue weighted by Gasteiger charge is -2.14. The Morgan fingerprint density at radius 3 is 2.37 bits per heavy atom. The lowest BCUT2D eigenvalue weighted by Crippen LogP contribution is -2.06. The first-order valence-corrected chi connectivity index (χ1v) is 7.14. The van der Waals surface area contributed by atoms with E-state index in [-0.39, 0.29) is 0 Å². The summed E-state index contributed by atoms with van der Waals surface area (Å²) in [5.41, 5.74) is 8.98. The van der Waals surface area contributed by atoms with Crippen molar-refractivity contribution >= 4 is 21.6 Å². The van der Waals surface area contributed by atoms with Crippen molar-refractivity contribution in [1.29, 1.82) is 0 Å². The highest BCUT2D eigenvalue weighted by atomic mass is 79.9. The molecular weight excluding hydrogens is 302 g/mol. The monoisotopic (exact) mass is 319 g/mol. The molecule has 0 aliphatic carbocycles. The van der Waals surface area contributed by atoms with Crippen LogP contribution in [0.2, 0.25) is 0 Å². The molecule has 0 heterocycles. The molecule has 0 aliphatic heterocycles. The van der Waals surface area contributed by atoms with Gasteiger partial charge in [-0.1, -0.05) is 44.2 Å². The van der Waals surface area contributed by atoms with Crippen LogP contribution in [0, 0.1) is 5.92 Å². The predicted molar refractivity (Wildman–Crippen MR) is 84.3 cm³/mol. The van der Waals surface area contributed by atoms with Crippen molar-refractivity contribution in [1.82, 2.24) is 0 Å². The van der Waals surface area contributed by atoms with E-state index in [4.69, 9.17) is 10.5 Å². The maximum absolute atomic E-state index is 6.09. The van der Waals surface area contributed by atoms with E-state index < -0.39 is 0 Å². The standard InChI is InChI=1S/C16H18BrNO/c1-11(2)10-19-16-14(17)8-13(9-15(16)18)12-6-4-3-5-7-12/h3-9,11H,10,18H2,1-2H3. The number of rotatable bonds is 4. The van der Waals surface area contributed by atoms with Gasteiger partial charge in [0.1, 0.15) is 0 Å². The van der Waals surface area contributed by atoms with Crippen LogP contribution in [-0.2, 0) is 0 Å². The van der Waals surface area contributed by atoms with Crippen molar-refractivity contribution in [2.75, 3.05) is 12.3 Å². The molecule has 2 rings (SSSR count). The van der Waals surface area contributed by atoms with E-state index in [1.54, 1.807) is 0 Å². The Morgan fingerprint density at radius 2 is 1.79 bits per heavy atom. The van der Waals surface area contributed by atoms with Crippen LogP contribution in [0.15, 0.2) is 46.9 Å². The predicted octanol–water partition coefficient (Wildman–Crippen LogP) is 4.73. The van der Waals surface area contributed by atoms with E-state index in [1.807, 2.05) is 30.3 Å². The molecule has 0 spiro atoms. The number of nitrogens with two attached hydrogens (primary N) is 1. The molecule has 100 valence electrons. The number of hydrogen-bond acceptors (Lipinski definition) is 2. The maximum atomic E-state index is 6.09. The summed E-state index contributed by atoms with van der Waals surface area (Å²) in [4.78, 5) is 0. The number of ether oxygens (including phenoxy) is 1. The fourth-order valence-corrected chi connectivity index (χ4v) is 2.40. The quantitative estimate of drug-likeness (QED) is 0.826. The highest BCUT2D eigenvalue weighted by Gasteiger charge is 2.10. The van der Waals surface area contributed by atoms with Gasteiger partial charge in [-0.2, -0.15) is 0 Å². The van der Waals surface area contributed by atoms with E-state index in [2.05, 4.69) is 41.9 Å². The second-order valence-corrected chi connectivity index (χ2v) is 5.80. The van der Waals surface area contributed by atoms with Crippen molar-refractivity contribution < 1.29 is 4.74 Å². The van der Waals surface area contributed by atoms with Crippen LogP contribution in [0.5, 0.6) is 5.75 Å². The summed E-state index contributed by atoms with van der Waals surface area (Å²) >= 11 is 3.54. The van der Waals surface area contributed by atoms with E-state index >= 15 is 0 Å². The largest absolute Gasteiger partial charge is 0.490 e. The van der Waals surface area contributed by atoms with Crippen molar-refractivity contribution in [2.45, 2.75) is 13.8 Å². The van der Waals surface area contributed by atoms with Crippen LogP contribution >= 0.6 is 15.9 Å². The zero-order valence-corrected chi connectivity index (χ0v) is 12.8. The number of halogens is 1. The molecule has 19 heavy (non-hydrogen) atoms. The van der Waals surface area contributed by atoms with Crippen molar-refractivity contribution in [3.63, 3.8) is 0 Å². The first kappa shape index (κ1) is 13.9. The fourth-order valence-electron chi connectivity index (χ4n) is 1.81. The van der Waals surface area contributed by atoms with Gasteiger partial charge in [-0.15, -0.1) is 0 Å². The van der Waals surface area contributed by atoms with Crippen LogP contribution in [0.1, 0.15) is 13.8 Å². The van der Waals surface area contributed by atoms with Crippen LogP contribution < -0.4 is 10.5 Å². The molecule has 2 aromatic carbocycles. The molecule has 2 N–H and O–H groups in total. The fraction of sp³-hybridized carbons (Fsp3) is 0.250. The normalized spacial score (nSPS) is 10.7. The van der Waals surface area contributed by atoms with Gasteiger partial charge in [0, 0.05) is 0 Å². The second-order valence-electron chi connectivity index (χ2n) is 4.95. The molecular formula is C16H18BrNO. The first-order valence-electron chi connectivity index (χ1n) is 6.35. The minimum absolute atomic E-state index is 0.472. The van der Waals surface area contributed by atoms with Crippen molar-refractivity contribution in [3.8, 4) is 16.9 Å². The van der Waals surface area contributed by atoms with Crippen molar-refractivity contribution in [3.05, 3.63) is 46.9 Å². The molecule has 0 aliphatic rings. The summed E-state index contributed by atoms with van der Waals surface area (Å²) in [6, 6.07) is 14.2. The minimum atomic E-state index is 0.472. The maximum Gasteiger partial charge on any atom is 0.156 e. The molecule has 0 bridgehead atoms. The summed E-state index contributed by atoms with van der Waals surface area (Å²) in [5, 5.41) is 0. The second kappa shape index (κ2) is 6.11. The highest BCUT2D eigenvalue weighted by Crippen LogP contribution is 2.36. The van der Waals surface area contributed by atoms with Gasteiger partial charge in [0.15, 0.2) is 5.75 Å². The van der Waals surface area contributed by atoms with Crippen LogP contribution in [0.25, 0.3) is 11.1 Å². The third-order valence-electron chi connectivity index (χ3n) is 2.74. The molecule has 0 unspecified atom stereocenters. The summed E-state index contributed by atoms with van der Waals surface area (Å²) in [6.45, 7) is 4.89. The molecule has 0 radical (unpaired) electrons. The molecule has 0 saturated heterocycles. The van der Waals surface area contributed by atoms with E-state index in [1.165, 1.54) is 0 Å². The molecule has 2 aromatic rings. The number of nitrogen functional groups attached to an aromatic ring is 1. The van der Waals surface area contributed by atoms with Crippen LogP contribution in [-0.4, -0.2) is 6.61 Å². The highest BCUT2D eigenvalue weighted by molar-refractivity contribution is 9.10. The Balaban J connectivity index is 2.32. The number of benzene rings is 2. The van der Waals surface area contributed by atoms with E-state index in [0.717, 1.165) is 21.3 Å². The number of anilines is 1. The molecule has 2 nitrogen and oxygen atoms in total. The van der Waals surface area contributed by atoms with Crippen LogP contribution in [0.4, 0.5) is 5.69 Å². The van der Waals surface area contributed by atoms with E-state index in [0.29, 0.717) is 18.2 Å². The van der Waals surface area contributed by atoms with Gasteiger partial charge < -0.3 is 10.5 Å². The van der Waals surface area contributed by atoms with Gasteiger partial charge in [-0.25, -0.2) is 0 Å². The Morgan fingerprint density at radius 1 is 1.11 bits per heavy atom. The third kappa shape index (κ3) is 3.51. The summed E-state index contributed by atoms with van der Waals surface area (Å²) in [7, 11) is 0. The SMILES string of the molecule is CC(C)COc1c(N)cc(-c2ccccc2)cc1Br. The topological polar surface area (TPSA) is 35.2 Å². The van der Waals surface area contributed by atoms with Gasteiger partial charge in [0.05, 0.1) is 16.8 Å². The Labute approximate surface area is 122 Å². The number of hydrogen-bond donors (Lipinski definition) is 1. The molecule has 0 amide bonds. The molecule has 0 atom stereocenters. The summed E-state index contributed by atoms with van der Waals surface area (Å²) < 4.78 is 6.64. The van der Waals surface area contributed by atoms with E-state index in [9.17, 15) is 0 Å². The zero-order chi connectivity index (χ0) is 13.8. The van der Waals surface area contributed by atoms with Gasteiger partial charge >= 0.3 is 0 Å². The average molecular weight is 320 g/mol. The zero-order valence-electron chi connectivity index (χ0n) is 11.2. The Kier molecular flexibility index (Phi) is 4.48. The van der Waals surface area contributed by atoms with Gasteiger partial charge in [-0.05, 0) is 45.1 Å². The molecule has 0 saturated carbocycles. The lowest BCUT2D eigenvalue weighted by molar-refractivity contribution is 0.271. The van der Waals surface area contributed by atoms with Crippen molar-refractivity contribution in [2.24, 2.45) is 5.92 Å². The minimum Gasteiger partial charge on any atom is -0.490 e. The Bertz CT molecular complexity index is 529. The smallest absolute Gasteiger partial charge is 0.156 e. The van der Waals surface area contributed by atoms with Gasteiger partial charge in [-0.3, -0.25) is 0 Å². The summed E-state index contributed by atoms with van der Waals surface area (Å²) in [5.74, 6) is 1.20. The lowest BCUT2D eigenvalue weighted by atomic mass is 10.0. The molecule has 0 aromatic heterocycles. The molecule has 0 fully saturated rings. The van der Waals surface area contributed by atoms with Crippen LogP contribution in [0.3, 0.4) is 0 Å². The Hall–Kier alpha value is -1.48. The third-order valence-corrected chi connectivity index (χ3v) is 3.33. The van der Waals surface area contributed by atoms with Gasteiger partial charge in [0.25, 0.3) is 0 Å². The average Bonchev–Trinajstić information content (AvgIpc) is 2.38. The molecule has 3 heteroatoms.